The van der Waals surface area contributed by atoms with Crippen LogP contribution >= 0.6 is 0 Å². The van der Waals surface area contributed by atoms with Crippen molar-refractivity contribution in [2.24, 2.45) is 0 Å². The van der Waals surface area contributed by atoms with Gasteiger partial charge in [0.15, 0.2) is 0 Å². The second-order valence-corrected chi connectivity index (χ2v) is 4.39. The van der Waals surface area contributed by atoms with Crippen LogP contribution < -0.4 is 5.32 Å². The highest BCUT2D eigenvalue weighted by Crippen LogP contribution is 2.23. The number of hydrogen-bond donors (Lipinski definition) is 2. The summed E-state index contributed by atoms with van der Waals surface area (Å²) in [6.45, 7) is 1.34. The number of carbonyl (C=O) groups is 1. The smallest absolute Gasteiger partial charge is 0.270 e. The maximum Gasteiger partial charge on any atom is 0.270 e. The fraction of sp³-hybridized carbons (Fsp3) is 0.0714. The van der Waals surface area contributed by atoms with Gasteiger partial charge in [0, 0.05) is 23.9 Å². The zero-order valence-corrected chi connectivity index (χ0v) is 11.0. The van der Waals surface area contributed by atoms with Crippen molar-refractivity contribution < 1.29 is 19.2 Å². The van der Waals surface area contributed by atoms with Crippen molar-refractivity contribution in [1.29, 1.82) is 0 Å². The van der Waals surface area contributed by atoms with Crippen molar-refractivity contribution >= 4 is 17.3 Å². The molecule has 7 heteroatoms. The molecule has 6 nitrogen and oxygen atoms in total. The molecule has 0 aliphatic carbocycles. The van der Waals surface area contributed by atoms with Gasteiger partial charge in [0.2, 0.25) is 0 Å². The molecule has 21 heavy (non-hydrogen) atoms. The largest absolute Gasteiger partial charge is 0.508 e. The Balaban J connectivity index is 2.37. The van der Waals surface area contributed by atoms with Gasteiger partial charge in [-0.15, -0.1) is 0 Å². The summed E-state index contributed by atoms with van der Waals surface area (Å²) in [6, 6.07) is 7.62. The zero-order valence-electron chi connectivity index (χ0n) is 11.0. The minimum Gasteiger partial charge on any atom is -0.508 e. The predicted octanol–water partition coefficient (Wildman–Crippen LogP) is 3.00. The third-order valence-electron chi connectivity index (χ3n) is 2.80. The van der Waals surface area contributed by atoms with E-state index in [1.54, 1.807) is 0 Å². The van der Waals surface area contributed by atoms with Gasteiger partial charge in [0.1, 0.15) is 11.6 Å². The first kappa shape index (κ1) is 14.4. The lowest BCUT2D eigenvalue weighted by molar-refractivity contribution is -0.385. The summed E-state index contributed by atoms with van der Waals surface area (Å²) in [7, 11) is 0. The van der Waals surface area contributed by atoms with Crippen LogP contribution in [0, 0.1) is 22.9 Å². The lowest BCUT2D eigenvalue weighted by Gasteiger charge is -2.08. The van der Waals surface area contributed by atoms with E-state index in [-0.39, 0.29) is 22.7 Å². The first-order valence-electron chi connectivity index (χ1n) is 5.93. The van der Waals surface area contributed by atoms with Crippen molar-refractivity contribution in [3.8, 4) is 5.75 Å². The molecule has 1 amide bonds. The number of carbonyl (C=O) groups excluding carboxylic acids is 1. The quantitative estimate of drug-likeness (QED) is 0.671. The third-order valence-corrected chi connectivity index (χ3v) is 2.80. The fourth-order valence-corrected chi connectivity index (χ4v) is 1.80. The fourth-order valence-electron chi connectivity index (χ4n) is 1.80. The number of rotatable bonds is 3. The van der Waals surface area contributed by atoms with Gasteiger partial charge in [0.05, 0.1) is 10.5 Å². The van der Waals surface area contributed by atoms with E-state index in [4.69, 9.17) is 0 Å². The van der Waals surface area contributed by atoms with E-state index in [2.05, 4.69) is 5.32 Å². The second kappa shape index (κ2) is 5.58. The molecule has 0 fully saturated rings. The Morgan fingerprint density at radius 3 is 2.67 bits per heavy atom. The molecule has 0 atom stereocenters. The van der Waals surface area contributed by atoms with Crippen LogP contribution in [0.4, 0.5) is 15.8 Å². The van der Waals surface area contributed by atoms with Crippen molar-refractivity contribution in [2.75, 3.05) is 5.32 Å². The molecule has 0 bridgehead atoms. The van der Waals surface area contributed by atoms with Crippen molar-refractivity contribution in [3.05, 3.63) is 63.5 Å². The van der Waals surface area contributed by atoms with Crippen LogP contribution in [0.25, 0.3) is 0 Å². The Bertz CT molecular complexity index is 731. The van der Waals surface area contributed by atoms with Gasteiger partial charge >= 0.3 is 0 Å². The van der Waals surface area contributed by atoms with Crippen LogP contribution in [-0.2, 0) is 0 Å². The van der Waals surface area contributed by atoms with Crippen LogP contribution in [0.15, 0.2) is 36.4 Å². The minimum atomic E-state index is -0.829. The number of aryl methyl sites for hydroxylation is 1. The number of benzene rings is 2. The van der Waals surface area contributed by atoms with Crippen molar-refractivity contribution in [2.45, 2.75) is 6.92 Å². The van der Waals surface area contributed by atoms with Crippen molar-refractivity contribution in [1.82, 2.24) is 0 Å². The Labute approximate surface area is 119 Å². The number of nitrogens with zero attached hydrogens (tertiary/aromatic N) is 1. The summed E-state index contributed by atoms with van der Waals surface area (Å²) >= 11 is 0. The summed E-state index contributed by atoms with van der Waals surface area (Å²) in [4.78, 5) is 22.1. The summed E-state index contributed by atoms with van der Waals surface area (Å²) in [6.07, 6.45) is 0. The van der Waals surface area contributed by atoms with E-state index < -0.39 is 22.2 Å². The molecule has 0 saturated carbocycles. The predicted molar refractivity (Wildman–Crippen MR) is 73.9 cm³/mol. The van der Waals surface area contributed by atoms with Gasteiger partial charge in [-0.25, -0.2) is 4.39 Å². The van der Waals surface area contributed by atoms with E-state index >= 15 is 0 Å². The Hall–Kier alpha value is -2.96. The lowest BCUT2D eigenvalue weighted by Crippen LogP contribution is -2.15. The van der Waals surface area contributed by atoms with Crippen LogP contribution in [0.3, 0.4) is 0 Å². The number of nitrogens with one attached hydrogen (secondary N) is 1. The monoisotopic (exact) mass is 290 g/mol. The first-order chi connectivity index (χ1) is 9.88. The van der Waals surface area contributed by atoms with Gasteiger partial charge in [0.25, 0.3) is 11.6 Å². The second-order valence-electron chi connectivity index (χ2n) is 4.39. The average molecular weight is 290 g/mol. The SMILES string of the molecule is Cc1cc([N+](=O)[O-])cc(C(=O)Nc2cccc(O)c2)c1F. The molecule has 0 aromatic heterocycles. The molecule has 2 N–H and O–H groups in total. The molecule has 2 aromatic carbocycles. The molecule has 0 spiro atoms. The highest BCUT2D eigenvalue weighted by atomic mass is 19.1. The Morgan fingerprint density at radius 1 is 1.33 bits per heavy atom. The van der Waals surface area contributed by atoms with Gasteiger partial charge in [-0.3, -0.25) is 14.9 Å². The highest BCUT2D eigenvalue weighted by molar-refractivity contribution is 6.05. The molecule has 0 radical (unpaired) electrons. The van der Waals surface area contributed by atoms with E-state index in [9.17, 15) is 24.4 Å². The highest BCUT2D eigenvalue weighted by Gasteiger charge is 2.19. The lowest BCUT2D eigenvalue weighted by atomic mass is 10.1. The van der Waals surface area contributed by atoms with Crippen LogP contribution in [0.1, 0.15) is 15.9 Å². The number of nitro groups is 1. The normalized spacial score (nSPS) is 10.2. The van der Waals surface area contributed by atoms with Crippen LogP contribution in [0.2, 0.25) is 0 Å². The number of phenols is 1. The van der Waals surface area contributed by atoms with Gasteiger partial charge in [-0.2, -0.15) is 0 Å². The summed E-state index contributed by atoms with van der Waals surface area (Å²) in [5.41, 5.74) is -0.534. The molecular weight excluding hydrogens is 279 g/mol. The minimum absolute atomic E-state index is 0.00487. The maximum absolute atomic E-state index is 13.9. The molecule has 108 valence electrons. The number of phenolic OH excluding ortho intramolecular Hbond substituents is 1. The summed E-state index contributed by atoms with van der Waals surface area (Å²) in [5, 5.41) is 22.4. The number of non-ortho nitro benzene ring substituents is 1. The molecule has 2 aromatic rings. The number of anilines is 1. The third kappa shape index (κ3) is 3.14. The Morgan fingerprint density at radius 2 is 2.05 bits per heavy atom. The molecule has 0 aliphatic heterocycles. The zero-order chi connectivity index (χ0) is 15.6. The number of amides is 1. The molecule has 0 aliphatic rings. The van der Waals surface area contributed by atoms with Gasteiger partial charge in [-0.05, 0) is 24.6 Å². The van der Waals surface area contributed by atoms with Crippen molar-refractivity contribution in [3.63, 3.8) is 0 Å². The summed E-state index contributed by atoms with van der Waals surface area (Å²) in [5.74, 6) is -1.72. The standard InChI is InChI=1S/C14H11FN2O4/c1-8-5-10(17(20)21)7-12(13(8)15)14(19)16-9-3-2-4-11(18)6-9/h2-7,18H,1H3,(H,16,19). The van der Waals surface area contributed by atoms with E-state index in [0.717, 1.165) is 12.1 Å². The topological polar surface area (TPSA) is 92.5 Å². The van der Waals surface area contributed by atoms with Gasteiger partial charge in [-0.1, -0.05) is 6.07 Å². The van der Waals surface area contributed by atoms with Crippen LogP contribution in [0.5, 0.6) is 5.75 Å². The molecule has 2 rings (SSSR count). The number of hydrogen-bond acceptors (Lipinski definition) is 4. The summed E-state index contributed by atoms with van der Waals surface area (Å²) < 4.78 is 13.9. The molecule has 0 heterocycles. The Kier molecular flexibility index (Phi) is 3.84. The molecule has 0 saturated heterocycles. The van der Waals surface area contributed by atoms with Crippen LogP contribution in [-0.4, -0.2) is 15.9 Å². The number of nitro benzene ring substituents is 1. The average Bonchev–Trinajstić information content (AvgIpc) is 2.41. The van der Waals surface area contributed by atoms with Gasteiger partial charge < -0.3 is 10.4 Å². The molecular formula is C14H11FN2O4. The van der Waals surface area contributed by atoms with E-state index in [0.29, 0.717) is 0 Å². The maximum atomic E-state index is 13.9. The molecule has 0 unspecified atom stereocenters. The van der Waals surface area contributed by atoms with E-state index in [1.807, 2.05) is 0 Å². The number of halogens is 1. The van der Waals surface area contributed by atoms with E-state index in [1.165, 1.54) is 31.2 Å². The first-order valence-corrected chi connectivity index (χ1v) is 5.93. The number of aromatic hydroxyl groups is 1.